The van der Waals surface area contributed by atoms with Gasteiger partial charge in [0.15, 0.2) is 0 Å². The van der Waals surface area contributed by atoms with Crippen LogP contribution in [0.3, 0.4) is 0 Å². The molecule has 0 bridgehead atoms. The lowest BCUT2D eigenvalue weighted by atomic mass is 9.86. The topological polar surface area (TPSA) is 41.6 Å². The highest BCUT2D eigenvalue weighted by atomic mass is 16.5. The first-order valence-electron chi connectivity index (χ1n) is 8.72. The van der Waals surface area contributed by atoms with Gasteiger partial charge in [0.1, 0.15) is 12.4 Å². The molecule has 4 heteroatoms. The molecule has 0 saturated heterocycles. The highest BCUT2D eigenvalue weighted by Gasteiger charge is 2.22. The fourth-order valence-corrected chi connectivity index (χ4v) is 3.06. The molecule has 2 atom stereocenters. The fraction of sp³-hybridized carbons (Fsp3) is 0.632. The molecule has 1 aliphatic carbocycles. The Bertz CT molecular complexity index is 487. The molecule has 1 N–H and O–H groups in total. The third-order valence-corrected chi connectivity index (χ3v) is 4.63. The second-order valence-corrected chi connectivity index (χ2v) is 6.84. The minimum Gasteiger partial charge on any atom is -0.492 e. The standard InChI is InChI=1S/C19H30N2O2/c1-15-8-10-17(11-9-15)23-13-12-21(3)14-19(22)20-18-7-5-4-6-16(18)2/h8-11,16,18H,4-7,12-14H2,1-3H3,(H,20,22)/t16-,18+/m0/s1. The Labute approximate surface area is 140 Å². The second-order valence-electron chi connectivity index (χ2n) is 6.84. The van der Waals surface area contributed by atoms with Gasteiger partial charge in [0.05, 0.1) is 6.54 Å². The maximum absolute atomic E-state index is 12.1. The molecule has 1 aromatic rings. The van der Waals surface area contributed by atoms with E-state index in [1.165, 1.54) is 24.8 Å². The van der Waals surface area contributed by atoms with Gasteiger partial charge in [-0.2, -0.15) is 0 Å². The quantitative estimate of drug-likeness (QED) is 0.840. The lowest BCUT2D eigenvalue weighted by Gasteiger charge is -2.30. The highest BCUT2D eigenvalue weighted by molar-refractivity contribution is 5.78. The van der Waals surface area contributed by atoms with Gasteiger partial charge in [-0.3, -0.25) is 9.69 Å². The van der Waals surface area contributed by atoms with Crippen molar-refractivity contribution in [3.63, 3.8) is 0 Å². The van der Waals surface area contributed by atoms with Crippen LogP contribution < -0.4 is 10.1 Å². The molecule has 0 spiro atoms. The van der Waals surface area contributed by atoms with Gasteiger partial charge >= 0.3 is 0 Å². The van der Waals surface area contributed by atoms with Crippen LogP contribution in [-0.4, -0.2) is 43.6 Å². The van der Waals surface area contributed by atoms with Crippen LogP contribution in [0.25, 0.3) is 0 Å². The van der Waals surface area contributed by atoms with Gasteiger partial charge in [-0.05, 0) is 44.9 Å². The lowest BCUT2D eigenvalue weighted by Crippen LogP contribution is -2.45. The first kappa shape index (κ1) is 17.8. The van der Waals surface area contributed by atoms with E-state index in [1.54, 1.807) is 0 Å². The molecule has 4 nitrogen and oxygen atoms in total. The van der Waals surface area contributed by atoms with Crippen molar-refractivity contribution in [2.75, 3.05) is 26.7 Å². The van der Waals surface area contributed by atoms with Crippen molar-refractivity contribution in [2.24, 2.45) is 5.92 Å². The van der Waals surface area contributed by atoms with Gasteiger partial charge < -0.3 is 10.1 Å². The van der Waals surface area contributed by atoms with Crippen molar-refractivity contribution in [1.29, 1.82) is 0 Å². The maximum atomic E-state index is 12.1. The Balaban J connectivity index is 1.64. The Morgan fingerprint density at radius 1 is 1.26 bits per heavy atom. The number of hydrogen-bond acceptors (Lipinski definition) is 3. The normalized spacial score (nSPS) is 21.2. The number of ether oxygens (including phenoxy) is 1. The third-order valence-electron chi connectivity index (χ3n) is 4.63. The highest BCUT2D eigenvalue weighted by Crippen LogP contribution is 2.23. The maximum Gasteiger partial charge on any atom is 0.234 e. The Hall–Kier alpha value is -1.55. The number of aryl methyl sites for hydroxylation is 1. The van der Waals surface area contributed by atoms with E-state index in [-0.39, 0.29) is 5.91 Å². The molecule has 1 fully saturated rings. The zero-order chi connectivity index (χ0) is 16.7. The predicted molar refractivity (Wildman–Crippen MR) is 93.7 cm³/mol. The smallest absolute Gasteiger partial charge is 0.234 e. The molecule has 128 valence electrons. The summed E-state index contributed by atoms with van der Waals surface area (Å²) in [5.41, 5.74) is 1.23. The summed E-state index contributed by atoms with van der Waals surface area (Å²) in [6.45, 7) is 6.06. The molecule has 0 aromatic heterocycles. The van der Waals surface area contributed by atoms with Crippen molar-refractivity contribution in [1.82, 2.24) is 10.2 Å². The predicted octanol–water partition coefficient (Wildman–Crippen LogP) is 3.00. The van der Waals surface area contributed by atoms with Crippen molar-refractivity contribution >= 4 is 5.91 Å². The first-order chi connectivity index (χ1) is 11.0. The Morgan fingerprint density at radius 3 is 2.65 bits per heavy atom. The Kier molecular flexibility index (Phi) is 6.90. The van der Waals surface area contributed by atoms with E-state index in [0.29, 0.717) is 25.1 Å². The molecule has 0 heterocycles. The summed E-state index contributed by atoms with van der Waals surface area (Å²) >= 11 is 0. The van der Waals surface area contributed by atoms with Crippen LogP contribution >= 0.6 is 0 Å². The number of nitrogens with one attached hydrogen (secondary N) is 1. The van der Waals surface area contributed by atoms with Gasteiger partial charge in [-0.1, -0.05) is 37.5 Å². The first-order valence-corrected chi connectivity index (χ1v) is 8.72. The number of hydrogen-bond donors (Lipinski definition) is 1. The molecular weight excluding hydrogens is 288 g/mol. The van der Waals surface area contributed by atoms with E-state index in [9.17, 15) is 4.79 Å². The summed E-state index contributed by atoms with van der Waals surface area (Å²) in [7, 11) is 1.96. The Morgan fingerprint density at radius 2 is 1.96 bits per heavy atom. The van der Waals surface area contributed by atoms with E-state index in [2.05, 4.69) is 19.2 Å². The van der Waals surface area contributed by atoms with Crippen molar-refractivity contribution in [3.8, 4) is 5.75 Å². The van der Waals surface area contributed by atoms with E-state index in [4.69, 9.17) is 4.74 Å². The lowest BCUT2D eigenvalue weighted by molar-refractivity contribution is -0.123. The van der Waals surface area contributed by atoms with Gasteiger partial charge in [0, 0.05) is 12.6 Å². The minimum absolute atomic E-state index is 0.126. The monoisotopic (exact) mass is 318 g/mol. The van der Waals surface area contributed by atoms with Gasteiger partial charge in [-0.25, -0.2) is 0 Å². The SMILES string of the molecule is Cc1ccc(OCCN(C)CC(=O)N[C@@H]2CCCC[C@@H]2C)cc1. The van der Waals surface area contributed by atoms with E-state index >= 15 is 0 Å². The molecule has 2 rings (SSSR count). The molecule has 1 saturated carbocycles. The largest absolute Gasteiger partial charge is 0.492 e. The zero-order valence-electron chi connectivity index (χ0n) is 14.7. The number of likely N-dealkylation sites (N-methyl/N-ethyl adjacent to an activating group) is 1. The number of benzene rings is 1. The summed E-state index contributed by atoms with van der Waals surface area (Å²) in [6.07, 6.45) is 4.87. The summed E-state index contributed by atoms with van der Waals surface area (Å²) < 4.78 is 5.71. The number of nitrogens with zero attached hydrogens (tertiary/aromatic N) is 1. The molecule has 0 aliphatic heterocycles. The molecule has 23 heavy (non-hydrogen) atoms. The van der Waals surface area contributed by atoms with Gasteiger partial charge in [0.25, 0.3) is 0 Å². The van der Waals surface area contributed by atoms with E-state index in [0.717, 1.165) is 18.7 Å². The van der Waals surface area contributed by atoms with Crippen LogP contribution in [-0.2, 0) is 4.79 Å². The van der Waals surface area contributed by atoms with Crippen LogP contribution in [0.5, 0.6) is 5.75 Å². The molecule has 0 radical (unpaired) electrons. The van der Waals surface area contributed by atoms with Crippen LogP contribution in [0.2, 0.25) is 0 Å². The van der Waals surface area contributed by atoms with Crippen LogP contribution in [0.1, 0.15) is 38.2 Å². The van der Waals surface area contributed by atoms with Crippen LogP contribution in [0.15, 0.2) is 24.3 Å². The summed E-state index contributed by atoms with van der Waals surface area (Å²) in [5.74, 6) is 1.61. The van der Waals surface area contributed by atoms with Crippen molar-refractivity contribution < 1.29 is 9.53 Å². The van der Waals surface area contributed by atoms with Crippen LogP contribution in [0, 0.1) is 12.8 Å². The molecule has 1 aliphatic rings. The van der Waals surface area contributed by atoms with Gasteiger partial charge in [0.2, 0.25) is 5.91 Å². The summed E-state index contributed by atoms with van der Waals surface area (Å²) in [4.78, 5) is 14.2. The third kappa shape index (κ3) is 6.22. The van der Waals surface area contributed by atoms with Crippen molar-refractivity contribution in [2.45, 2.75) is 45.6 Å². The summed E-state index contributed by atoms with van der Waals surface area (Å²) in [5, 5.41) is 3.19. The van der Waals surface area contributed by atoms with Crippen molar-refractivity contribution in [3.05, 3.63) is 29.8 Å². The van der Waals surface area contributed by atoms with E-state index in [1.807, 2.05) is 36.2 Å². The second kappa shape index (κ2) is 8.92. The molecular formula is C19H30N2O2. The molecule has 0 unspecified atom stereocenters. The average molecular weight is 318 g/mol. The minimum atomic E-state index is 0.126. The number of rotatable bonds is 7. The number of amides is 1. The zero-order valence-corrected chi connectivity index (χ0v) is 14.7. The van der Waals surface area contributed by atoms with Crippen LogP contribution in [0.4, 0.5) is 0 Å². The fourth-order valence-electron chi connectivity index (χ4n) is 3.06. The summed E-state index contributed by atoms with van der Waals surface area (Å²) in [6, 6.07) is 8.39. The van der Waals surface area contributed by atoms with E-state index < -0.39 is 0 Å². The van der Waals surface area contributed by atoms with Gasteiger partial charge in [-0.15, -0.1) is 0 Å². The average Bonchev–Trinajstić information content (AvgIpc) is 2.51. The molecule has 1 aromatic carbocycles. The molecule has 1 amide bonds. The number of carbonyl (C=O) groups excluding carboxylic acids is 1. The number of carbonyl (C=O) groups is 1.